The van der Waals surface area contributed by atoms with Crippen LogP contribution in [-0.2, 0) is 0 Å². The molecule has 9 nitrogen and oxygen atoms in total. The van der Waals surface area contributed by atoms with Crippen LogP contribution in [0.25, 0.3) is 33.6 Å². The number of nitrogens with zero attached hydrogens (tertiary/aromatic N) is 4. The smallest absolute Gasteiger partial charge is 0.327 e. The summed E-state index contributed by atoms with van der Waals surface area (Å²) in [4.78, 5) is 33.6. The summed E-state index contributed by atoms with van der Waals surface area (Å²) >= 11 is 0. The summed E-state index contributed by atoms with van der Waals surface area (Å²) in [6.45, 7) is 0. The van der Waals surface area contributed by atoms with Crippen molar-refractivity contribution in [3.05, 3.63) is 74.2 Å². The van der Waals surface area contributed by atoms with Crippen molar-refractivity contribution in [2.75, 3.05) is 0 Å². The number of aromatic amines is 1. The van der Waals surface area contributed by atoms with Crippen molar-refractivity contribution in [1.82, 2.24) is 15.0 Å². The van der Waals surface area contributed by atoms with Gasteiger partial charge in [-0.1, -0.05) is 30.3 Å². The van der Waals surface area contributed by atoms with Crippen LogP contribution in [0.4, 0.5) is 5.69 Å². The second-order valence-electron chi connectivity index (χ2n) is 5.29. The van der Waals surface area contributed by atoms with Gasteiger partial charge >= 0.3 is 11.1 Å². The van der Waals surface area contributed by atoms with Crippen LogP contribution in [0.15, 0.2) is 53.3 Å². The van der Waals surface area contributed by atoms with Crippen molar-refractivity contribution in [2.24, 2.45) is 0 Å². The highest BCUT2D eigenvalue weighted by molar-refractivity contribution is 5.81. The highest BCUT2D eigenvalue weighted by Gasteiger charge is 2.21. The summed E-state index contributed by atoms with van der Waals surface area (Å²) in [7, 11) is 0. The number of nitro groups is 1. The maximum atomic E-state index is 12.5. The number of aromatic nitrogens is 4. The molecule has 122 valence electrons. The Hall–Kier alpha value is -3.88. The molecule has 0 radical (unpaired) electrons. The lowest BCUT2D eigenvalue weighted by Crippen LogP contribution is -2.35. The molecule has 0 spiro atoms. The van der Waals surface area contributed by atoms with Gasteiger partial charge in [0.1, 0.15) is 11.3 Å². The molecule has 0 aliphatic heterocycles. The van der Waals surface area contributed by atoms with E-state index in [1.807, 2.05) is 6.07 Å². The summed E-state index contributed by atoms with van der Waals surface area (Å²) in [5.41, 5.74) is -0.439. The van der Waals surface area contributed by atoms with E-state index in [1.54, 1.807) is 24.3 Å². The lowest BCUT2D eigenvalue weighted by atomic mass is 10.2. The van der Waals surface area contributed by atoms with Gasteiger partial charge in [-0.3, -0.25) is 14.9 Å². The van der Waals surface area contributed by atoms with Crippen molar-refractivity contribution < 1.29 is 9.65 Å². The zero-order valence-electron chi connectivity index (χ0n) is 12.5. The number of H-pyrrole nitrogens is 1. The van der Waals surface area contributed by atoms with Crippen LogP contribution in [0.5, 0.6) is 0 Å². The van der Waals surface area contributed by atoms with E-state index in [0.29, 0.717) is 10.3 Å². The Kier molecular flexibility index (Phi) is 3.14. The molecule has 1 N–H and O–H groups in total. The van der Waals surface area contributed by atoms with E-state index in [-0.39, 0.29) is 33.7 Å². The topological polar surface area (TPSA) is 129 Å². The largest absolute Gasteiger partial charge is 0.618 e. The fraction of sp³-hybridized carbons (Fsp3) is 0. The molecule has 4 aromatic rings. The van der Waals surface area contributed by atoms with Crippen LogP contribution in [0, 0.1) is 15.3 Å². The molecule has 0 aliphatic carbocycles. The quantitative estimate of drug-likeness (QED) is 0.195. The number of hydrogen-bond donors (Lipinski definition) is 1. The molecule has 0 saturated heterocycles. The Bertz CT molecular complexity index is 1200. The maximum Gasteiger partial charge on any atom is 0.327 e. The van der Waals surface area contributed by atoms with Gasteiger partial charge in [-0.15, -0.1) is 0 Å². The Morgan fingerprint density at radius 3 is 2.56 bits per heavy atom. The van der Waals surface area contributed by atoms with E-state index >= 15 is 0 Å². The lowest BCUT2D eigenvalue weighted by Gasteiger charge is -2.06. The van der Waals surface area contributed by atoms with Gasteiger partial charge in [-0.05, 0) is 6.07 Å². The summed E-state index contributed by atoms with van der Waals surface area (Å²) in [5, 5.41) is 23.4. The molecule has 0 fully saturated rings. The average Bonchev–Trinajstić information content (AvgIpc) is 2.61. The molecule has 0 aliphatic rings. The van der Waals surface area contributed by atoms with Crippen LogP contribution in [-0.4, -0.2) is 19.9 Å². The minimum Gasteiger partial charge on any atom is -0.618 e. The molecular formula is C16H9N5O4. The van der Waals surface area contributed by atoms with E-state index in [9.17, 15) is 20.1 Å². The first kappa shape index (κ1) is 14.7. The van der Waals surface area contributed by atoms with Gasteiger partial charge in [0.05, 0.1) is 11.0 Å². The van der Waals surface area contributed by atoms with Gasteiger partial charge in [0, 0.05) is 11.6 Å². The monoisotopic (exact) mass is 335 g/mol. The minimum absolute atomic E-state index is 0.0287. The second kappa shape index (κ2) is 5.34. The minimum atomic E-state index is -0.667. The molecule has 4 rings (SSSR count). The summed E-state index contributed by atoms with van der Waals surface area (Å²) < 4.78 is 0.325. The first-order valence-corrected chi connectivity index (χ1v) is 7.22. The Morgan fingerprint density at radius 2 is 1.84 bits per heavy atom. The number of benzene rings is 2. The molecule has 2 aromatic carbocycles. The van der Waals surface area contributed by atoms with Crippen LogP contribution >= 0.6 is 0 Å². The zero-order valence-corrected chi connectivity index (χ0v) is 12.5. The summed E-state index contributed by atoms with van der Waals surface area (Å²) in [5.74, 6) is 0.284. The lowest BCUT2D eigenvalue weighted by molar-refractivity contribution is -0.549. The third kappa shape index (κ3) is 2.34. The number of rotatable bonds is 2. The van der Waals surface area contributed by atoms with Crippen molar-refractivity contribution in [1.29, 1.82) is 0 Å². The van der Waals surface area contributed by atoms with Crippen LogP contribution < -0.4 is 10.3 Å². The number of nitrogens with one attached hydrogen (secondary N) is 1. The summed E-state index contributed by atoms with van der Waals surface area (Å²) in [6, 6.07) is 12.6. The Labute approximate surface area is 139 Å². The predicted octanol–water partition coefficient (Wildman–Crippen LogP) is 1.68. The van der Waals surface area contributed by atoms with E-state index in [4.69, 9.17) is 0 Å². The molecular weight excluding hydrogens is 326 g/mol. The molecule has 9 heteroatoms. The number of fused-ring (bicyclic) bond motifs is 2. The highest BCUT2D eigenvalue weighted by atomic mass is 16.6. The molecule has 2 heterocycles. The molecule has 0 atom stereocenters. The van der Waals surface area contributed by atoms with Crippen molar-refractivity contribution in [3.63, 3.8) is 0 Å². The van der Waals surface area contributed by atoms with Gasteiger partial charge in [-0.25, -0.2) is 9.97 Å². The third-order valence-electron chi connectivity index (χ3n) is 3.74. The van der Waals surface area contributed by atoms with Crippen molar-refractivity contribution >= 4 is 27.9 Å². The highest BCUT2D eigenvalue weighted by Crippen LogP contribution is 2.19. The van der Waals surface area contributed by atoms with E-state index in [1.165, 1.54) is 12.1 Å². The molecule has 0 saturated carbocycles. The molecule has 0 amide bonds. The van der Waals surface area contributed by atoms with Gasteiger partial charge in [0.25, 0.3) is 5.69 Å². The SMILES string of the molecule is O=c1[nH]c(-c2ccccc2)nc2nc3ccc([N+](=O)[O-])cc3[n+]([O-])c12. The number of non-ortho nitro benzene ring substituents is 1. The van der Waals surface area contributed by atoms with Crippen LogP contribution in [0.1, 0.15) is 0 Å². The van der Waals surface area contributed by atoms with Crippen molar-refractivity contribution in [2.45, 2.75) is 0 Å². The summed E-state index contributed by atoms with van der Waals surface area (Å²) in [6.07, 6.45) is 0. The van der Waals surface area contributed by atoms with Gasteiger partial charge < -0.3 is 10.2 Å². The second-order valence-corrected chi connectivity index (χ2v) is 5.29. The molecule has 25 heavy (non-hydrogen) atoms. The van der Waals surface area contributed by atoms with E-state index in [2.05, 4.69) is 15.0 Å². The average molecular weight is 335 g/mol. The normalized spacial score (nSPS) is 11.0. The Morgan fingerprint density at radius 1 is 1.08 bits per heavy atom. The third-order valence-corrected chi connectivity index (χ3v) is 3.74. The zero-order chi connectivity index (χ0) is 17.6. The number of nitro benzene ring substituents is 1. The van der Waals surface area contributed by atoms with Crippen molar-refractivity contribution in [3.8, 4) is 11.4 Å². The Balaban J connectivity index is 2.05. The van der Waals surface area contributed by atoms with Gasteiger partial charge in [-0.2, -0.15) is 4.73 Å². The fourth-order valence-electron chi connectivity index (χ4n) is 2.57. The van der Waals surface area contributed by atoms with E-state index in [0.717, 1.165) is 6.07 Å². The molecule has 0 unspecified atom stereocenters. The van der Waals surface area contributed by atoms with E-state index < -0.39 is 10.5 Å². The standard InChI is InChI=1S/C16H9N5O4/c22-16-13-15(18-14(19-16)9-4-2-1-3-5-9)17-11-7-6-10(21(24)25)8-12(11)20(13)23/h1-8H,(H,17,18,19,22). The maximum absolute atomic E-state index is 12.5. The van der Waals surface area contributed by atoms with Gasteiger partial charge in [0.15, 0.2) is 0 Å². The molecule has 2 aromatic heterocycles. The van der Waals surface area contributed by atoms with Crippen LogP contribution in [0.3, 0.4) is 0 Å². The fourth-order valence-corrected chi connectivity index (χ4v) is 2.57. The predicted molar refractivity (Wildman–Crippen MR) is 88.7 cm³/mol. The molecule has 0 bridgehead atoms. The van der Waals surface area contributed by atoms with Gasteiger partial charge in [0.2, 0.25) is 11.2 Å². The first-order valence-electron chi connectivity index (χ1n) is 7.22. The number of hydrogen-bond acceptors (Lipinski definition) is 6. The van der Waals surface area contributed by atoms with Crippen LogP contribution in [0.2, 0.25) is 0 Å². The first-order chi connectivity index (χ1) is 12.0.